The highest BCUT2D eigenvalue weighted by molar-refractivity contribution is 5.77. The normalized spacial score (nSPS) is 16.6. The molecule has 0 saturated carbocycles. The lowest BCUT2D eigenvalue weighted by Gasteiger charge is -2.32. The number of nitrogen functional groups attached to an aromatic ring is 1. The number of nitrogens with zero attached hydrogens (tertiary/aromatic N) is 1. The molecule has 116 valence electrons. The molecule has 0 unspecified atom stereocenters. The molecule has 3 N–H and O–H groups in total. The fourth-order valence-corrected chi connectivity index (χ4v) is 2.60. The molecule has 1 aliphatic rings. The van der Waals surface area contributed by atoms with Gasteiger partial charge in [-0.3, -0.25) is 4.79 Å². The van der Waals surface area contributed by atoms with Gasteiger partial charge < -0.3 is 20.7 Å². The summed E-state index contributed by atoms with van der Waals surface area (Å²) in [6.07, 6.45) is 3.23. The number of ether oxygens (including phenoxy) is 1. The molecular formula is C16H25N3O2. The van der Waals surface area contributed by atoms with Crippen molar-refractivity contribution in [3.8, 4) is 5.75 Å². The van der Waals surface area contributed by atoms with E-state index < -0.39 is 0 Å². The number of benzene rings is 1. The first-order valence-corrected chi connectivity index (χ1v) is 7.67. The maximum Gasteiger partial charge on any atom is 0.258 e. The third-order valence-corrected chi connectivity index (χ3v) is 3.74. The first-order valence-electron chi connectivity index (χ1n) is 7.67. The number of rotatable bonds is 6. The number of carbonyl (C=O) groups is 1. The Balaban J connectivity index is 1.67. The van der Waals surface area contributed by atoms with E-state index in [1.807, 2.05) is 0 Å². The van der Waals surface area contributed by atoms with Crippen molar-refractivity contribution in [1.29, 1.82) is 0 Å². The van der Waals surface area contributed by atoms with E-state index in [0.717, 1.165) is 32.5 Å². The van der Waals surface area contributed by atoms with Gasteiger partial charge in [0.15, 0.2) is 6.61 Å². The van der Waals surface area contributed by atoms with Gasteiger partial charge in [-0.05, 0) is 50.1 Å². The summed E-state index contributed by atoms with van der Waals surface area (Å²) in [4.78, 5) is 14.3. The van der Waals surface area contributed by atoms with Crippen molar-refractivity contribution in [1.82, 2.24) is 10.2 Å². The van der Waals surface area contributed by atoms with Crippen molar-refractivity contribution >= 4 is 11.6 Å². The van der Waals surface area contributed by atoms with E-state index >= 15 is 0 Å². The summed E-state index contributed by atoms with van der Waals surface area (Å²) in [5.41, 5.74) is 6.29. The van der Waals surface area contributed by atoms with Gasteiger partial charge in [-0.2, -0.15) is 0 Å². The minimum Gasteiger partial charge on any atom is -0.484 e. The van der Waals surface area contributed by atoms with Gasteiger partial charge in [-0.1, -0.05) is 6.92 Å². The number of carbonyl (C=O) groups excluding carboxylic acids is 1. The van der Waals surface area contributed by atoms with E-state index in [1.165, 1.54) is 6.42 Å². The van der Waals surface area contributed by atoms with Crippen LogP contribution < -0.4 is 15.8 Å². The Bertz CT molecular complexity index is 439. The molecule has 0 radical (unpaired) electrons. The highest BCUT2D eigenvalue weighted by atomic mass is 16.5. The summed E-state index contributed by atoms with van der Waals surface area (Å²) in [6, 6.07) is 7.34. The van der Waals surface area contributed by atoms with Crippen molar-refractivity contribution in [2.24, 2.45) is 0 Å². The summed E-state index contributed by atoms with van der Waals surface area (Å²) >= 11 is 0. The number of nitrogens with two attached hydrogens (primary N) is 1. The molecule has 0 aliphatic carbocycles. The molecule has 1 aromatic rings. The highest BCUT2D eigenvalue weighted by Crippen LogP contribution is 2.13. The van der Waals surface area contributed by atoms with Crippen LogP contribution in [-0.2, 0) is 4.79 Å². The standard InChI is InChI=1S/C16H25N3O2/c1-2-9-19-10-7-14(8-11-19)18-16(20)12-21-15-5-3-13(17)4-6-15/h3-6,14H,2,7-12,17H2,1H3,(H,18,20). The van der Waals surface area contributed by atoms with Crippen molar-refractivity contribution in [3.63, 3.8) is 0 Å². The molecule has 1 aromatic carbocycles. The summed E-state index contributed by atoms with van der Waals surface area (Å²) in [6.45, 7) is 5.54. The Morgan fingerprint density at radius 2 is 2.00 bits per heavy atom. The van der Waals surface area contributed by atoms with E-state index in [4.69, 9.17) is 10.5 Å². The predicted molar refractivity (Wildman–Crippen MR) is 84.2 cm³/mol. The molecule has 2 rings (SSSR count). The van der Waals surface area contributed by atoms with Crippen LogP contribution in [0.1, 0.15) is 26.2 Å². The Morgan fingerprint density at radius 1 is 1.33 bits per heavy atom. The van der Waals surface area contributed by atoms with Gasteiger partial charge >= 0.3 is 0 Å². The van der Waals surface area contributed by atoms with Gasteiger partial charge in [0, 0.05) is 24.8 Å². The maximum absolute atomic E-state index is 11.9. The van der Waals surface area contributed by atoms with Crippen molar-refractivity contribution in [2.45, 2.75) is 32.2 Å². The van der Waals surface area contributed by atoms with Gasteiger partial charge in [0.1, 0.15) is 5.75 Å². The topological polar surface area (TPSA) is 67.6 Å². The third kappa shape index (κ3) is 5.27. The number of likely N-dealkylation sites (tertiary alicyclic amines) is 1. The minimum atomic E-state index is -0.0548. The van der Waals surface area contributed by atoms with Gasteiger partial charge in [0.2, 0.25) is 0 Å². The fourth-order valence-electron chi connectivity index (χ4n) is 2.60. The summed E-state index contributed by atoms with van der Waals surface area (Å²) in [5, 5.41) is 3.05. The maximum atomic E-state index is 11.9. The second-order valence-corrected chi connectivity index (χ2v) is 5.54. The zero-order valence-corrected chi connectivity index (χ0v) is 12.7. The first kappa shape index (κ1) is 15.6. The molecule has 1 amide bonds. The monoisotopic (exact) mass is 291 g/mol. The molecule has 5 heteroatoms. The van der Waals surface area contributed by atoms with E-state index in [2.05, 4.69) is 17.1 Å². The molecule has 1 aliphatic heterocycles. The zero-order chi connectivity index (χ0) is 15.1. The molecule has 0 atom stereocenters. The Kier molecular flexibility index (Phi) is 5.87. The van der Waals surface area contributed by atoms with Gasteiger partial charge in [-0.15, -0.1) is 0 Å². The molecule has 0 aromatic heterocycles. The molecule has 1 heterocycles. The van der Waals surface area contributed by atoms with E-state index in [1.54, 1.807) is 24.3 Å². The van der Waals surface area contributed by atoms with E-state index in [-0.39, 0.29) is 18.6 Å². The SMILES string of the molecule is CCCN1CCC(NC(=O)COc2ccc(N)cc2)CC1. The Hall–Kier alpha value is -1.75. The average Bonchev–Trinajstić information content (AvgIpc) is 2.49. The Labute approximate surface area is 126 Å². The predicted octanol–water partition coefficient (Wildman–Crippen LogP) is 1.64. The molecular weight excluding hydrogens is 266 g/mol. The molecule has 0 bridgehead atoms. The van der Waals surface area contributed by atoms with Crippen LogP contribution in [0, 0.1) is 0 Å². The number of hydrogen-bond acceptors (Lipinski definition) is 4. The largest absolute Gasteiger partial charge is 0.484 e. The van der Waals surface area contributed by atoms with Crippen LogP contribution in [0.2, 0.25) is 0 Å². The van der Waals surface area contributed by atoms with E-state index in [9.17, 15) is 4.79 Å². The van der Waals surface area contributed by atoms with Crippen LogP contribution in [0.15, 0.2) is 24.3 Å². The summed E-state index contributed by atoms with van der Waals surface area (Å²) in [5.74, 6) is 0.609. The fraction of sp³-hybridized carbons (Fsp3) is 0.562. The molecule has 21 heavy (non-hydrogen) atoms. The van der Waals surface area contributed by atoms with Crippen molar-refractivity contribution < 1.29 is 9.53 Å². The number of amides is 1. The zero-order valence-electron chi connectivity index (χ0n) is 12.7. The van der Waals surface area contributed by atoms with Crippen LogP contribution in [-0.4, -0.2) is 43.1 Å². The quantitative estimate of drug-likeness (QED) is 0.782. The van der Waals surface area contributed by atoms with Gasteiger partial charge in [0.05, 0.1) is 0 Å². The molecule has 1 saturated heterocycles. The molecule has 5 nitrogen and oxygen atoms in total. The second kappa shape index (κ2) is 7.88. The number of hydrogen-bond donors (Lipinski definition) is 2. The molecule has 0 spiro atoms. The van der Waals surface area contributed by atoms with Crippen molar-refractivity contribution in [3.05, 3.63) is 24.3 Å². The average molecular weight is 291 g/mol. The van der Waals surface area contributed by atoms with Gasteiger partial charge in [0.25, 0.3) is 5.91 Å². The van der Waals surface area contributed by atoms with E-state index in [0.29, 0.717) is 11.4 Å². The van der Waals surface area contributed by atoms with Crippen LogP contribution in [0.25, 0.3) is 0 Å². The number of nitrogens with one attached hydrogen (secondary N) is 1. The van der Waals surface area contributed by atoms with Crippen LogP contribution >= 0.6 is 0 Å². The highest BCUT2D eigenvalue weighted by Gasteiger charge is 2.20. The smallest absolute Gasteiger partial charge is 0.258 e. The lowest BCUT2D eigenvalue weighted by molar-refractivity contribution is -0.124. The van der Waals surface area contributed by atoms with Crippen LogP contribution in [0.5, 0.6) is 5.75 Å². The van der Waals surface area contributed by atoms with Crippen LogP contribution in [0.3, 0.4) is 0 Å². The van der Waals surface area contributed by atoms with Crippen LogP contribution in [0.4, 0.5) is 5.69 Å². The second-order valence-electron chi connectivity index (χ2n) is 5.54. The first-order chi connectivity index (χ1) is 10.2. The summed E-state index contributed by atoms with van der Waals surface area (Å²) in [7, 11) is 0. The Morgan fingerprint density at radius 3 is 2.62 bits per heavy atom. The summed E-state index contributed by atoms with van der Waals surface area (Å²) < 4.78 is 5.45. The lowest BCUT2D eigenvalue weighted by atomic mass is 10.0. The lowest BCUT2D eigenvalue weighted by Crippen LogP contribution is -2.46. The third-order valence-electron chi connectivity index (χ3n) is 3.74. The minimum absolute atomic E-state index is 0.0547. The van der Waals surface area contributed by atoms with Gasteiger partial charge in [-0.25, -0.2) is 0 Å². The number of anilines is 1. The number of piperidine rings is 1. The van der Waals surface area contributed by atoms with Crippen molar-refractivity contribution in [2.75, 3.05) is 32.0 Å². The molecule has 1 fully saturated rings.